The number of allylic oxidation sites excluding steroid dienone is 5. The fourth-order valence-corrected chi connectivity index (χ4v) is 2.29. The van der Waals surface area contributed by atoms with Crippen LogP contribution in [0.1, 0.15) is 24.0 Å². The van der Waals surface area contributed by atoms with E-state index in [-0.39, 0.29) is 0 Å². The van der Waals surface area contributed by atoms with E-state index in [0.29, 0.717) is 0 Å². The first kappa shape index (κ1) is 11.7. The second-order valence-electron chi connectivity index (χ2n) is 4.29. The molecular formula is C17H18. The maximum absolute atomic E-state index is 3.82. The molecule has 0 heterocycles. The summed E-state index contributed by atoms with van der Waals surface area (Å²) >= 11 is 0. The normalized spacial score (nSPS) is 14.8. The van der Waals surface area contributed by atoms with Crippen molar-refractivity contribution in [3.05, 3.63) is 77.9 Å². The lowest BCUT2D eigenvalue weighted by Gasteiger charge is -2.18. The summed E-state index contributed by atoms with van der Waals surface area (Å²) in [6.07, 6.45) is 11.4. The summed E-state index contributed by atoms with van der Waals surface area (Å²) in [5, 5.41) is 0. The first-order valence-electron chi connectivity index (χ1n) is 6.06. The van der Waals surface area contributed by atoms with Gasteiger partial charge in [-0.1, -0.05) is 55.1 Å². The molecule has 0 fully saturated rings. The van der Waals surface area contributed by atoms with Gasteiger partial charge in [-0.3, -0.25) is 0 Å². The van der Waals surface area contributed by atoms with E-state index in [1.807, 2.05) is 12.2 Å². The van der Waals surface area contributed by atoms with Gasteiger partial charge in [-0.05, 0) is 41.5 Å². The standard InChI is InChI=1S/C17H18/c1-3-7-14(8-4-2)17-12-11-15-9-5-6-10-16(15)13-17/h3-7,9-10,13H,1-2,8,11-12H2/b14-7-. The van der Waals surface area contributed by atoms with E-state index in [9.17, 15) is 0 Å². The lowest BCUT2D eigenvalue weighted by molar-refractivity contribution is 0.924. The van der Waals surface area contributed by atoms with Crippen molar-refractivity contribution in [1.82, 2.24) is 0 Å². The molecule has 0 amide bonds. The first-order chi connectivity index (χ1) is 8.35. The molecule has 0 heteroatoms. The molecule has 17 heavy (non-hydrogen) atoms. The zero-order chi connectivity index (χ0) is 12.1. The minimum atomic E-state index is 0.917. The molecule has 2 rings (SSSR count). The van der Waals surface area contributed by atoms with Crippen LogP contribution in [0.3, 0.4) is 0 Å². The molecular weight excluding hydrogens is 204 g/mol. The molecule has 0 radical (unpaired) electrons. The lowest BCUT2D eigenvalue weighted by Crippen LogP contribution is -2.01. The van der Waals surface area contributed by atoms with E-state index in [0.717, 1.165) is 19.3 Å². The number of hydrogen-bond acceptors (Lipinski definition) is 0. The molecule has 0 spiro atoms. The average molecular weight is 222 g/mol. The van der Waals surface area contributed by atoms with Crippen molar-refractivity contribution >= 4 is 6.08 Å². The first-order valence-corrected chi connectivity index (χ1v) is 6.06. The quantitative estimate of drug-likeness (QED) is 0.511. The van der Waals surface area contributed by atoms with Crippen LogP contribution in [-0.4, -0.2) is 0 Å². The van der Waals surface area contributed by atoms with Crippen molar-refractivity contribution in [3.8, 4) is 0 Å². The van der Waals surface area contributed by atoms with Crippen LogP contribution in [0.15, 0.2) is 66.8 Å². The summed E-state index contributed by atoms with van der Waals surface area (Å²) in [5.41, 5.74) is 5.56. The van der Waals surface area contributed by atoms with Crippen molar-refractivity contribution in [2.24, 2.45) is 0 Å². The monoisotopic (exact) mass is 222 g/mol. The predicted molar refractivity (Wildman–Crippen MR) is 75.8 cm³/mol. The van der Waals surface area contributed by atoms with Crippen molar-refractivity contribution in [2.45, 2.75) is 19.3 Å². The molecule has 1 aliphatic carbocycles. The highest BCUT2D eigenvalue weighted by Gasteiger charge is 2.11. The van der Waals surface area contributed by atoms with Crippen LogP contribution < -0.4 is 0 Å². The van der Waals surface area contributed by atoms with Gasteiger partial charge < -0.3 is 0 Å². The van der Waals surface area contributed by atoms with E-state index in [1.165, 1.54) is 22.3 Å². The van der Waals surface area contributed by atoms with Gasteiger partial charge in [0.15, 0.2) is 0 Å². The van der Waals surface area contributed by atoms with E-state index < -0.39 is 0 Å². The Labute approximate surface area is 104 Å². The van der Waals surface area contributed by atoms with E-state index in [1.54, 1.807) is 0 Å². The van der Waals surface area contributed by atoms with E-state index in [4.69, 9.17) is 0 Å². The Balaban J connectivity index is 2.35. The van der Waals surface area contributed by atoms with Crippen molar-refractivity contribution in [2.75, 3.05) is 0 Å². The van der Waals surface area contributed by atoms with Crippen LogP contribution in [0.2, 0.25) is 0 Å². The molecule has 0 atom stereocenters. The van der Waals surface area contributed by atoms with Gasteiger partial charge in [0.2, 0.25) is 0 Å². The number of aryl methyl sites for hydroxylation is 1. The molecule has 86 valence electrons. The van der Waals surface area contributed by atoms with Gasteiger partial charge in [0.05, 0.1) is 0 Å². The van der Waals surface area contributed by atoms with Gasteiger partial charge in [0.1, 0.15) is 0 Å². The second kappa shape index (κ2) is 5.49. The summed E-state index contributed by atoms with van der Waals surface area (Å²) in [7, 11) is 0. The van der Waals surface area contributed by atoms with Gasteiger partial charge >= 0.3 is 0 Å². The molecule has 1 aliphatic rings. The summed E-state index contributed by atoms with van der Waals surface area (Å²) in [6.45, 7) is 7.60. The highest BCUT2D eigenvalue weighted by atomic mass is 14.2. The fourth-order valence-electron chi connectivity index (χ4n) is 2.29. The van der Waals surface area contributed by atoms with Gasteiger partial charge in [0, 0.05) is 0 Å². The summed E-state index contributed by atoms with van der Waals surface area (Å²) in [6, 6.07) is 8.62. The van der Waals surface area contributed by atoms with Crippen LogP contribution in [-0.2, 0) is 6.42 Å². The van der Waals surface area contributed by atoms with E-state index in [2.05, 4.69) is 49.6 Å². The average Bonchev–Trinajstić information content (AvgIpc) is 2.38. The minimum Gasteiger partial charge on any atom is -0.103 e. The van der Waals surface area contributed by atoms with Crippen LogP contribution in [0.5, 0.6) is 0 Å². The van der Waals surface area contributed by atoms with Crippen LogP contribution in [0.4, 0.5) is 0 Å². The molecule has 0 saturated heterocycles. The highest BCUT2D eigenvalue weighted by molar-refractivity contribution is 5.64. The SMILES string of the molecule is C=C/C=C(/CC=C)C1=Cc2ccccc2CC1. The smallest absolute Gasteiger partial charge is 0.00974 e. The molecule has 1 aromatic rings. The zero-order valence-electron chi connectivity index (χ0n) is 10.2. The Morgan fingerprint density at radius 1 is 1.18 bits per heavy atom. The summed E-state index contributed by atoms with van der Waals surface area (Å²) in [5.74, 6) is 0. The van der Waals surface area contributed by atoms with Crippen LogP contribution >= 0.6 is 0 Å². The molecule has 0 bridgehead atoms. The van der Waals surface area contributed by atoms with Gasteiger partial charge in [0.25, 0.3) is 0 Å². The lowest BCUT2D eigenvalue weighted by atomic mass is 9.87. The topological polar surface area (TPSA) is 0 Å². The third-order valence-electron chi connectivity index (χ3n) is 3.14. The predicted octanol–water partition coefficient (Wildman–Crippen LogP) is 4.70. The van der Waals surface area contributed by atoms with Gasteiger partial charge in [-0.15, -0.1) is 6.58 Å². The maximum atomic E-state index is 3.82. The Hall–Kier alpha value is -1.82. The number of rotatable bonds is 4. The third kappa shape index (κ3) is 2.65. The Morgan fingerprint density at radius 3 is 2.76 bits per heavy atom. The zero-order valence-corrected chi connectivity index (χ0v) is 10.2. The Bertz CT molecular complexity index is 487. The molecule has 0 N–H and O–H groups in total. The van der Waals surface area contributed by atoms with Gasteiger partial charge in [-0.2, -0.15) is 0 Å². The number of hydrogen-bond donors (Lipinski definition) is 0. The molecule has 0 saturated carbocycles. The number of fused-ring (bicyclic) bond motifs is 1. The third-order valence-corrected chi connectivity index (χ3v) is 3.14. The largest absolute Gasteiger partial charge is 0.103 e. The molecule has 0 aromatic heterocycles. The number of benzene rings is 1. The minimum absolute atomic E-state index is 0.917. The molecule has 1 aromatic carbocycles. The summed E-state index contributed by atoms with van der Waals surface area (Å²) in [4.78, 5) is 0. The molecule has 0 nitrogen and oxygen atoms in total. The summed E-state index contributed by atoms with van der Waals surface area (Å²) < 4.78 is 0. The Kier molecular flexibility index (Phi) is 3.77. The van der Waals surface area contributed by atoms with Crippen LogP contribution in [0, 0.1) is 0 Å². The van der Waals surface area contributed by atoms with Crippen molar-refractivity contribution in [1.29, 1.82) is 0 Å². The second-order valence-corrected chi connectivity index (χ2v) is 4.29. The molecule has 0 aliphatic heterocycles. The van der Waals surface area contributed by atoms with Gasteiger partial charge in [-0.25, -0.2) is 0 Å². The maximum Gasteiger partial charge on any atom is -0.00974 e. The highest BCUT2D eigenvalue weighted by Crippen LogP contribution is 2.29. The van der Waals surface area contributed by atoms with Crippen molar-refractivity contribution < 1.29 is 0 Å². The van der Waals surface area contributed by atoms with E-state index >= 15 is 0 Å². The fraction of sp³-hybridized carbons (Fsp3) is 0.176. The van der Waals surface area contributed by atoms with Crippen LogP contribution in [0.25, 0.3) is 6.08 Å². The molecule has 0 unspecified atom stereocenters. The van der Waals surface area contributed by atoms with Crippen molar-refractivity contribution in [3.63, 3.8) is 0 Å². The Morgan fingerprint density at radius 2 is 2.00 bits per heavy atom.